The van der Waals surface area contributed by atoms with Crippen molar-refractivity contribution >= 4 is 6.09 Å². The molecule has 0 aliphatic carbocycles. The van der Waals surface area contributed by atoms with Crippen molar-refractivity contribution in [1.29, 1.82) is 0 Å². The highest BCUT2D eigenvalue weighted by Gasteiger charge is 2.47. The molecular weight excluding hydrogens is 285 g/mol. The molecule has 2 rings (SSSR count). The minimum absolute atomic E-state index is 0.0365. The third-order valence-electron chi connectivity index (χ3n) is 3.45. The van der Waals surface area contributed by atoms with Gasteiger partial charge in [-0.2, -0.15) is 5.06 Å². The number of ether oxygens (including phenoxy) is 1. The molecule has 2 atom stereocenters. The van der Waals surface area contributed by atoms with Gasteiger partial charge in [-0.25, -0.2) is 9.18 Å². The van der Waals surface area contributed by atoms with Crippen LogP contribution in [0, 0.1) is 0 Å². The van der Waals surface area contributed by atoms with Crippen molar-refractivity contribution in [3.05, 3.63) is 48.0 Å². The number of hydrogen-bond acceptors (Lipinski definition) is 3. The average Bonchev–Trinajstić information content (AvgIpc) is 2.40. The topological polar surface area (TPSA) is 38.8 Å². The molecule has 0 N–H and O–H groups in total. The molecule has 1 fully saturated rings. The van der Waals surface area contributed by atoms with Gasteiger partial charge in [0.2, 0.25) is 0 Å². The SMILES string of the molecule is C=C1CN(C(=O)OC(C)(C)C)O[C@@H](c2ccccc2)[C@]1(C)F. The molecule has 5 heteroatoms. The maximum absolute atomic E-state index is 15.0. The zero-order valence-corrected chi connectivity index (χ0v) is 13.4. The van der Waals surface area contributed by atoms with Crippen LogP contribution in [0.5, 0.6) is 0 Å². The maximum atomic E-state index is 15.0. The molecule has 22 heavy (non-hydrogen) atoms. The molecule has 0 saturated carbocycles. The number of amides is 1. The molecule has 0 radical (unpaired) electrons. The Kier molecular flexibility index (Phi) is 4.29. The van der Waals surface area contributed by atoms with E-state index in [1.54, 1.807) is 45.0 Å². The molecular formula is C17H22FNO3. The fourth-order valence-corrected chi connectivity index (χ4v) is 2.20. The Balaban J connectivity index is 2.25. The van der Waals surface area contributed by atoms with Crippen molar-refractivity contribution in [2.45, 2.75) is 45.1 Å². The summed E-state index contributed by atoms with van der Waals surface area (Å²) in [5, 5.41) is 1.03. The Hall–Kier alpha value is -1.88. The third-order valence-corrected chi connectivity index (χ3v) is 3.45. The van der Waals surface area contributed by atoms with E-state index in [4.69, 9.17) is 9.57 Å². The molecule has 1 aromatic rings. The molecule has 1 aromatic carbocycles. The summed E-state index contributed by atoms with van der Waals surface area (Å²) in [4.78, 5) is 17.8. The van der Waals surface area contributed by atoms with Gasteiger partial charge in [-0.1, -0.05) is 36.9 Å². The van der Waals surface area contributed by atoms with Crippen LogP contribution >= 0.6 is 0 Å². The van der Waals surface area contributed by atoms with Crippen LogP contribution in [0.1, 0.15) is 39.4 Å². The van der Waals surface area contributed by atoms with Gasteiger partial charge in [0.1, 0.15) is 11.7 Å². The Morgan fingerprint density at radius 1 is 1.41 bits per heavy atom. The first kappa shape index (κ1) is 16.5. The van der Waals surface area contributed by atoms with Gasteiger partial charge < -0.3 is 4.74 Å². The Morgan fingerprint density at radius 2 is 2.00 bits per heavy atom. The van der Waals surface area contributed by atoms with Gasteiger partial charge >= 0.3 is 6.09 Å². The summed E-state index contributed by atoms with van der Waals surface area (Å²) in [7, 11) is 0. The third kappa shape index (κ3) is 3.47. The highest BCUT2D eigenvalue weighted by atomic mass is 19.1. The summed E-state index contributed by atoms with van der Waals surface area (Å²) < 4.78 is 20.3. The second-order valence-electron chi connectivity index (χ2n) is 6.59. The van der Waals surface area contributed by atoms with Crippen LogP contribution in [0.25, 0.3) is 0 Å². The number of hydroxylamine groups is 2. The van der Waals surface area contributed by atoms with Crippen molar-refractivity contribution in [3.63, 3.8) is 0 Å². The average molecular weight is 307 g/mol. The number of benzene rings is 1. The molecule has 0 spiro atoms. The van der Waals surface area contributed by atoms with E-state index in [1.807, 2.05) is 6.07 Å². The molecule has 1 aliphatic rings. The highest BCUT2D eigenvalue weighted by Crippen LogP contribution is 2.42. The first-order valence-corrected chi connectivity index (χ1v) is 7.20. The van der Waals surface area contributed by atoms with Crippen LogP contribution in [0.3, 0.4) is 0 Å². The Morgan fingerprint density at radius 3 is 2.55 bits per heavy atom. The molecule has 1 aliphatic heterocycles. The minimum Gasteiger partial charge on any atom is -0.442 e. The van der Waals surface area contributed by atoms with Crippen LogP contribution in [0.4, 0.5) is 9.18 Å². The monoisotopic (exact) mass is 307 g/mol. The van der Waals surface area contributed by atoms with Crippen LogP contribution in [0.2, 0.25) is 0 Å². The van der Waals surface area contributed by atoms with Crippen molar-refractivity contribution in [2.24, 2.45) is 0 Å². The van der Waals surface area contributed by atoms with Crippen LogP contribution in [0.15, 0.2) is 42.5 Å². The first-order valence-electron chi connectivity index (χ1n) is 7.20. The van der Waals surface area contributed by atoms with E-state index < -0.39 is 23.5 Å². The summed E-state index contributed by atoms with van der Waals surface area (Å²) >= 11 is 0. The fraction of sp³-hybridized carbons (Fsp3) is 0.471. The van der Waals surface area contributed by atoms with E-state index in [-0.39, 0.29) is 12.1 Å². The molecule has 120 valence electrons. The van der Waals surface area contributed by atoms with Crippen molar-refractivity contribution in [1.82, 2.24) is 5.06 Å². The zero-order chi connectivity index (χ0) is 16.5. The summed E-state index contributed by atoms with van der Waals surface area (Å²) in [6, 6.07) is 8.94. The van der Waals surface area contributed by atoms with Gasteiger partial charge in [0.15, 0.2) is 5.67 Å². The first-order chi connectivity index (χ1) is 10.1. The summed E-state index contributed by atoms with van der Waals surface area (Å²) in [5.41, 5.74) is -1.50. The van der Waals surface area contributed by atoms with Gasteiger partial charge in [-0.15, -0.1) is 0 Å². The second-order valence-corrected chi connectivity index (χ2v) is 6.59. The van der Waals surface area contributed by atoms with Crippen molar-refractivity contribution < 1.29 is 18.8 Å². The normalized spacial score (nSPS) is 26.0. The molecule has 1 heterocycles. The zero-order valence-electron chi connectivity index (χ0n) is 13.4. The molecule has 1 amide bonds. The lowest BCUT2D eigenvalue weighted by molar-refractivity contribution is -0.230. The van der Waals surface area contributed by atoms with E-state index in [0.29, 0.717) is 5.56 Å². The quantitative estimate of drug-likeness (QED) is 0.730. The number of carbonyl (C=O) groups excluding carboxylic acids is 1. The minimum atomic E-state index is -1.76. The van der Waals surface area contributed by atoms with Gasteiger partial charge in [0.05, 0.1) is 6.54 Å². The van der Waals surface area contributed by atoms with E-state index in [9.17, 15) is 9.18 Å². The van der Waals surface area contributed by atoms with Crippen molar-refractivity contribution in [3.8, 4) is 0 Å². The van der Waals surface area contributed by atoms with Crippen LogP contribution in [-0.2, 0) is 9.57 Å². The summed E-state index contributed by atoms with van der Waals surface area (Å²) in [5.74, 6) is 0. The predicted octanol–water partition coefficient (Wildman–Crippen LogP) is 4.19. The molecule has 0 aromatic heterocycles. The summed E-state index contributed by atoms with van der Waals surface area (Å²) in [6.45, 7) is 10.4. The Labute approximate surface area is 130 Å². The molecule has 1 saturated heterocycles. The van der Waals surface area contributed by atoms with Gasteiger partial charge in [-0.3, -0.25) is 4.84 Å². The van der Waals surface area contributed by atoms with Gasteiger partial charge in [-0.05, 0) is 38.8 Å². The number of halogens is 1. The Bertz CT molecular complexity index is 563. The lowest BCUT2D eigenvalue weighted by Gasteiger charge is -2.41. The number of carbonyl (C=O) groups is 1. The number of alkyl halides is 1. The maximum Gasteiger partial charge on any atom is 0.434 e. The summed E-state index contributed by atoms with van der Waals surface area (Å²) in [6.07, 6.45) is -1.59. The molecule has 0 bridgehead atoms. The van der Waals surface area contributed by atoms with E-state index in [0.717, 1.165) is 5.06 Å². The second kappa shape index (κ2) is 5.72. The fourth-order valence-electron chi connectivity index (χ4n) is 2.20. The standard InChI is InChI=1S/C17H22FNO3/c1-12-11-19(15(20)21-16(2,3)4)22-14(17(12,5)18)13-9-7-6-8-10-13/h6-10,14H,1,11H2,2-5H3/t14-,17+/m0/s1. The highest BCUT2D eigenvalue weighted by molar-refractivity contribution is 5.67. The molecule has 0 unspecified atom stereocenters. The largest absolute Gasteiger partial charge is 0.442 e. The van der Waals surface area contributed by atoms with E-state index in [2.05, 4.69) is 6.58 Å². The van der Waals surface area contributed by atoms with Crippen molar-refractivity contribution in [2.75, 3.05) is 6.54 Å². The van der Waals surface area contributed by atoms with E-state index in [1.165, 1.54) is 6.92 Å². The van der Waals surface area contributed by atoms with Gasteiger partial charge in [0, 0.05) is 0 Å². The lowest BCUT2D eigenvalue weighted by Crippen LogP contribution is -2.49. The van der Waals surface area contributed by atoms with Crippen LogP contribution in [-0.4, -0.2) is 29.0 Å². The molecule has 4 nitrogen and oxygen atoms in total. The van der Waals surface area contributed by atoms with Gasteiger partial charge in [0.25, 0.3) is 0 Å². The lowest BCUT2D eigenvalue weighted by atomic mass is 9.87. The predicted molar refractivity (Wildman–Crippen MR) is 81.9 cm³/mol. The number of nitrogens with zero attached hydrogens (tertiary/aromatic N) is 1. The number of hydrogen-bond donors (Lipinski definition) is 0. The van der Waals surface area contributed by atoms with Crippen LogP contribution < -0.4 is 0 Å². The van der Waals surface area contributed by atoms with E-state index >= 15 is 0 Å². The smallest absolute Gasteiger partial charge is 0.434 e. The number of rotatable bonds is 1.